The second-order valence-electron chi connectivity index (χ2n) is 17.2. The van der Waals surface area contributed by atoms with Gasteiger partial charge in [0.2, 0.25) is 0 Å². The van der Waals surface area contributed by atoms with E-state index in [9.17, 15) is 14.7 Å². The summed E-state index contributed by atoms with van der Waals surface area (Å²) < 4.78 is 11.4. The molecule has 0 saturated heterocycles. The summed E-state index contributed by atoms with van der Waals surface area (Å²) in [5, 5.41) is 10.6. The topological polar surface area (TPSA) is 72.8 Å². The number of carbonyl (C=O) groups excluding carboxylic acids is 2. The van der Waals surface area contributed by atoms with E-state index in [0.29, 0.717) is 19.0 Å². The first-order valence-corrected chi connectivity index (χ1v) is 24.6. The minimum atomic E-state index is -0.986. The number of phenolic OH excluding ortho intramolecular Hbond substituents is 1. The number of phenols is 1. The van der Waals surface area contributed by atoms with E-state index in [1.807, 2.05) is 19.1 Å². The molecule has 0 atom stereocenters. The standard InChI is InChI=1S/C51H92O5/c1-5-8-11-13-15-17-19-21-23-25-27-29-31-33-35-37-40-55-50(53)48(44-46-42-45(4)49(52)47(43-46)39-10-7-3)51(54)56-41-38-36-34-32-30-28-26-24-22-20-18-16-14-12-9-6-2/h42-43,48,52H,5-41,44H2,1-4H3. The predicted octanol–water partition coefficient (Wildman–Crippen LogP) is 15.8. The average molecular weight is 785 g/mol. The lowest BCUT2D eigenvalue weighted by Gasteiger charge is -2.17. The van der Waals surface area contributed by atoms with Crippen LogP contribution >= 0.6 is 0 Å². The molecule has 0 unspecified atom stereocenters. The summed E-state index contributed by atoms with van der Waals surface area (Å²) in [7, 11) is 0. The van der Waals surface area contributed by atoms with E-state index in [1.165, 1.54) is 167 Å². The van der Waals surface area contributed by atoms with Crippen molar-refractivity contribution < 1.29 is 24.2 Å². The third-order valence-corrected chi connectivity index (χ3v) is 11.7. The van der Waals surface area contributed by atoms with Crippen molar-refractivity contribution in [2.75, 3.05) is 13.2 Å². The van der Waals surface area contributed by atoms with Crippen LogP contribution in [0, 0.1) is 12.8 Å². The van der Waals surface area contributed by atoms with Crippen molar-refractivity contribution in [2.24, 2.45) is 5.92 Å². The summed E-state index contributed by atoms with van der Waals surface area (Å²) in [4.78, 5) is 26.7. The van der Waals surface area contributed by atoms with E-state index in [0.717, 1.165) is 74.5 Å². The van der Waals surface area contributed by atoms with Crippen LogP contribution in [-0.2, 0) is 31.9 Å². The fourth-order valence-electron chi connectivity index (χ4n) is 7.95. The number of aromatic hydroxyl groups is 1. The first-order chi connectivity index (χ1) is 27.4. The van der Waals surface area contributed by atoms with Crippen molar-refractivity contribution in [3.05, 3.63) is 28.8 Å². The van der Waals surface area contributed by atoms with Gasteiger partial charge in [-0.05, 0) is 55.7 Å². The predicted molar refractivity (Wildman–Crippen MR) is 240 cm³/mol. The van der Waals surface area contributed by atoms with Crippen LogP contribution in [0.25, 0.3) is 0 Å². The summed E-state index contributed by atoms with van der Waals surface area (Å²) in [6, 6.07) is 3.85. The Balaban J connectivity index is 2.36. The highest BCUT2D eigenvalue weighted by Crippen LogP contribution is 2.28. The molecule has 0 amide bonds. The summed E-state index contributed by atoms with van der Waals surface area (Å²) in [6.45, 7) is 9.26. The Labute approximate surface area is 347 Å². The molecule has 1 N–H and O–H groups in total. The maximum absolute atomic E-state index is 13.4. The lowest BCUT2D eigenvalue weighted by molar-refractivity contribution is -0.162. The Kier molecular flexibility index (Phi) is 35.7. The van der Waals surface area contributed by atoms with Crippen LogP contribution in [-0.4, -0.2) is 30.3 Å². The van der Waals surface area contributed by atoms with E-state index >= 15 is 0 Å². The molecule has 1 aromatic rings. The normalized spacial score (nSPS) is 11.4. The van der Waals surface area contributed by atoms with Crippen molar-refractivity contribution in [3.8, 4) is 5.75 Å². The number of benzene rings is 1. The monoisotopic (exact) mass is 785 g/mol. The van der Waals surface area contributed by atoms with Gasteiger partial charge >= 0.3 is 11.9 Å². The molecule has 326 valence electrons. The SMILES string of the molecule is CCCCCCCCCCCCCCCCCCOC(=O)C(Cc1cc(C)c(O)c(CCCC)c1)C(=O)OCCCCCCCCCCCCCCCCCC. The number of carbonyl (C=O) groups is 2. The molecular weight excluding hydrogens is 693 g/mol. The summed E-state index contributed by atoms with van der Waals surface area (Å²) in [6.07, 6.45) is 44.5. The molecule has 1 aromatic carbocycles. The van der Waals surface area contributed by atoms with E-state index < -0.39 is 17.9 Å². The van der Waals surface area contributed by atoms with Gasteiger partial charge in [-0.3, -0.25) is 9.59 Å². The Morgan fingerprint density at radius 3 is 1.09 bits per heavy atom. The van der Waals surface area contributed by atoms with Crippen LogP contribution < -0.4 is 0 Å². The average Bonchev–Trinajstić information content (AvgIpc) is 3.19. The molecule has 0 aliphatic carbocycles. The van der Waals surface area contributed by atoms with Gasteiger partial charge < -0.3 is 14.6 Å². The number of hydrogen-bond acceptors (Lipinski definition) is 5. The van der Waals surface area contributed by atoms with Gasteiger partial charge in [0.25, 0.3) is 0 Å². The smallest absolute Gasteiger partial charge is 0.320 e. The van der Waals surface area contributed by atoms with E-state index in [1.54, 1.807) is 0 Å². The second kappa shape index (κ2) is 38.5. The van der Waals surface area contributed by atoms with Crippen LogP contribution in [0.3, 0.4) is 0 Å². The van der Waals surface area contributed by atoms with Gasteiger partial charge in [0, 0.05) is 0 Å². The Hall–Kier alpha value is -2.04. The Bertz CT molecular complexity index is 1000. The number of rotatable bonds is 41. The second-order valence-corrected chi connectivity index (χ2v) is 17.2. The molecule has 0 fully saturated rings. The Morgan fingerprint density at radius 2 is 0.768 bits per heavy atom. The molecule has 0 aromatic heterocycles. The van der Waals surface area contributed by atoms with Crippen LogP contribution in [0.2, 0.25) is 0 Å². The van der Waals surface area contributed by atoms with Crippen LogP contribution in [0.15, 0.2) is 12.1 Å². The van der Waals surface area contributed by atoms with Gasteiger partial charge in [0.15, 0.2) is 5.92 Å². The number of ether oxygens (including phenoxy) is 2. The molecule has 0 aliphatic heterocycles. The summed E-state index contributed by atoms with van der Waals surface area (Å²) in [5.41, 5.74) is 2.52. The molecule has 0 aliphatic rings. The largest absolute Gasteiger partial charge is 0.507 e. The molecular formula is C51H92O5. The van der Waals surface area contributed by atoms with Crippen molar-refractivity contribution in [3.63, 3.8) is 0 Å². The number of unbranched alkanes of at least 4 members (excludes halogenated alkanes) is 31. The summed E-state index contributed by atoms with van der Waals surface area (Å²) in [5.74, 6) is -1.64. The fourth-order valence-corrected chi connectivity index (χ4v) is 7.95. The van der Waals surface area contributed by atoms with Crippen molar-refractivity contribution in [1.82, 2.24) is 0 Å². The molecule has 1 rings (SSSR count). The van der Waals surface area contributed by atoms with Crippen LogP contribution in [0.4, 0.5) is 0 Å². The molecule has 5 nitrogen and oxygen atoms in total. The van der Waals surface area contributed by atoms with Gasteiger partial charge in [-0.2, -0.15) is 0 Å². The highest BCUT2D eigenvalue weighted by Gasteiger charge is 2.30. The molecule has 5 heteroatoms. The lowest BCUT2D eigenvalue weighted by atomic mass is 9.94. The lowest BCUT2D eigenvalue weighted by Crippen LogP contribution is -2.30. The highest BCUT2D eigenvalue weighted by atomic mass is 16.6. The number of esters is 2. The van der Waals surface area contributed by atoms with E-state index in [-0.39, 0.29) is 6.42 Å². The number of aryl methyl sites for hydroxylation is 2. The van der Waals surface area contributed by atoms with Gasteiger partial charge in [0.05, 0.1) is 13.2 Å². The molecule has 0 radical (unpaired) electrons. The Morgan fingerprint density at radius 1 is 0.464 bits per heavy atom. The first-order valence-electron chi connectivity index (χ1n) is 24.6. The van der Waals surface area contributed by atoms with E-state index in [2.05, 4.69) is 20.8 Å². The zero-order valence-corrected chi connectivity index (χ0v) is 37.7. The molecule has 0 saturated carbocycles. The van der Waals surface area contributed by atoms with Crippen molar-refractivity contribution in [1.29, 1.82) is 0 Å². The minimum absolute atomic E-state index is 0.232. The third-order valence-electron chi connectivity index (χ3n) is 11.7. The number of hydrogen-bond donors (Lipinski definition) is 1. The minimum Gasteiger partial charge on any atom is -0.507 e. The molecule has 0 spiro atoms. The maximum atomic E-state index is 13.4. The van der Waals surface area contributed by atoms with Crippen LogP contribution in [0.5, 0.6) is 5.75 Å². The van der Waals surface area contributed by atoms with E-state index in [4.69, 9.17) is 9.47 Å². The maximum Gasteiger partial charge on any atom is 0.320 e. The zero-order valence-electron chi connectivity index (χ0n) is 37.7. The zero-order chi connectivity index (χ0) is 40.7. The first kappa shape index (κ1) is 52.0. The third kappa shape index (κ3) is 29.2. The highest BCUT2D eigenvalue weighted by molar-refractivity contribution is 5.95. The molecule has 0 heterocycles. The molecule has 0 bridgehead atoms. The molecule has 56 heavy (non-hydrogen) atoms. The van der Waals surface area contributed by atoms with Crippen LogP contribution in [0.1, 0.15) is 256 Å². The van der Waals surface area contributed by atoms with Gasteiger partial charge in [0.1, 0.15) is 5.75 Å². The van der Waals surface area contributed by atoms with Crippen molar-refractivity contribution >= 4 is 11.9 Å². The van der Waals surface area contributed by atoms with Crippen molar-refractivity contribution in [2.45, 2.75) is 259 Å². The van der Waals surface area contributed by atoms with Gasteiger partial charge in [-0.15, -0.1) is 0 Å². The summed E-state index contributed by atoms with van der Waals surface area (Å²) >= 11 is 0. The fraction of sp³-hybridized carbons (Fsp3) is 0.843. The quantitative estimate of drug-likeness (QED) is 0.0407. The van der Waals surface area contributed by atoms with Gasteiger partial charge in [-0.25, -0.2) is 0 Å². The van der Waals surface area contributed by atoms with Gasteiger partial charge in [-0.1, -0.05) is 232 Å².